The van der Waals surface area contributed by atoms with Gasteiger partial charge in [0, 0.05) is 0 Å². The van der Waals surface area contributed by atoms with Crippen molar-refractivity contribution in [1.29, 1.82) is 0 Å². The molecule has 0 fully saturated rings. The smallest absolute Gasteiger partial charge is 1.00 e. The second-order valence-electron chi connectivity index (χ2n) is 12.5. The van der Waals surface area contributed by atoms with Crippen LogP contribution in [0.2, 0.25) is 0 Å². The predicted octanol–water partition coefficient (Wildman–Crippen LogP) is 4.83. The number of rotatable bonds is 7. The van der Waals surface area contributed by atoms with Crippen LogP contribution in [0.25, 0.3) is 16.7 Å². The summed E-state index contributed by atoms with van der Waals surface area (Å²) in [6, 6.07) is 31.9. The van der Waals surface area contributed by atoms with Crippen LogP contribution in [-0.4, -0.2) is 3.21 Å². The SMILES string of the molecule is CC(C)c1c(C2=CC=CC2)c2c(c(C(C)C)c1C(C)C)-c1ccccc1[CH]2[Zr+2]=[C](c1ccccc1)c1ccccc1.[Cl-].[Cl-]. The van der Waals surface area contributed by atoms with E-state index in [0.29, 0.717) is 21.4 Å². The molecule has 0 saturated carbocycles. The Bertz CT molecular complexity index is 1630. The predicted molar refractivity (Wildman–Crippen MR) is 174 cm³/mol. The van der Waals surface area contributed by atoms with Crippen molar-refractivity contribution in [3.05, 3.63) is 148 Å². The minimum Gasteiger partial charge on any atom is -1.00 e. The number of hydrogen-bond donors (Lipinski definition) is 0. The maximum absolute atomic E-state index is 2.45. The van der Waals surface area contributed by atoms with Crippen molar-refractivity contribution in [3.63, 3.8) is 0 Å². The summed E-state index contributed by atoms with van der Waals surface area (Å²) in [5.74, 6) is 1.41. The van der Waals surface area contributed by atoms with Gasteiger partial charge in [0.25, 0.3) is 0 Å². The first-order chi connectivity index (χ1) is 19.9. The van der Waals surface area contributed by atoms with Crippen molar-refractivity contribution in [2.24, 2.45) is 0 Å². The average molecular weight is 684 g/mol. The fourth-order valence-electron chi connectivity index (χ4n) is 7.18. The molecule has 0 heterocycles. The Hall–Kier alpha value is -2.31. The molecule has 0 N–H and O–H groups in total. The Morgan fingerprint density at radius 3 is 1.65 bits per heavy atom. The molecule has 2 aliphatic rings. The van der Waals surface area contributed by atoms with Crippen molar-refractivity contribution in [3.8, 4) is 11.1 Å². The quantitative estimate of drug-likeness (QED) is 0.262. The Kier molecular flexibility index (Phi) is 11.1. The van der Waals surface area contributed by atoms with Crippen LogP contribution >= 0.6 is 0 Å². The summed E-state index contributed by atoms with van der Waals surface area (Å²) >= 11 is -1.20. The summed E-state index contributed by atoms with van der Waals surface area (Å²) in [6.45, 7) is 14.5. The van der Waals surface area contributed by atoms with Crippen molar-refractivity contribution in [2.45, 2.75) is 69.3 Å². The van der Waals surface area contributed by atoms with Crippen LogP contribution < -0.4 is 24.8 Å². The van der Waals surface area contributed by atoms with E-state index in [2.05, 4.69) is 145 Å². The van der Waals surface area contributed by atoms with Crippen LogP contribution in [0.15, 0.2) is 103 Å². The van der Waals surface area contributed by atoms with Gasteiger partial charge in [-0.25, -0.2) is 0 Å². The monoisotopic (exact) mass is 681 g/mol. The van der Waals surface area contributed by atoms with Gasteiger partial charge in [0.2, 0.25) is 0 Å². The summed E-state index contributed by atoms with van der Waals surface area (Å²) < 4.78 is 2.06. The molecule has 2 aliphatic carbocycles. The maximum Gasteiger partial charge on any atom is -1.00 e. The molecule has 0 saturated heterocycles. The normalized spacial score (nSPS) is 14.6. The average Bonchev–Trinajstić information content (AvgIpc) is 3.62. The fraction of sp³-hybridized carbons (Fsp3) is 0.275. The van der Waals surface area contributed by atoms with Crippen LogP contribution in [-0.2, 0) is 22.8 Å². The summed E-state index contributed by atoms with van der Waals surface area (Å²) in [5, 5.41) is 0. The van der Waals surface area contributed by atoms with E-state index in [1.807, 2.05) is 0 Å². The van der Waals surface area contributed by atoms with Crippen molar-refractivity contribution < 1.29 is 47.6 Å². The Labute approximate surface area is 282 Å². The third-order valence-electron chi connectivity index (χ3n) is 8.73. The molecule has 219 valence electrons. The Morgan fingerprint density at radius 2 is 1.14 bits per heavy atom. The number of halogens is 2. The molecular formula is C40H41Cl2Zr. The molecule has 0 aromatic heterocycles. The second kappa shape index (κ2) is 14.2. The van der Waals surface area contributed by atoms with Crippen LogP contribution in [0.3, 0.4) is 0 Å². The van der Waals surface area contributed by atoms with E-state index in [-0.39, 0.29) is 24.8 Å². The number of allylic oxidation sites excluding steroid dienone is 4. The van der Waals surface area contributed by atoms with Gasteiger partial charge in [0.05, 0.1) is 0 Å². The molecule has 0 nitrogen and oxygen atoms in total. The van der Waals surface area contributed by atoms with Crippen molar-refractivity contribution in [2.75, 3.05) is 0 Å². The maximum atomic E-state index is 2.45. The van der Waals surface area contributed by atoms with E-state index in [1.54, 1.807) is 42.2 Å². The molecule has 6 rings (SSSR count). The van der Waals surface area contributed by atoms with Gasteiger partial charge in [0.1, 0.15) is 0 Å². The third kappa shape index (κ3) is 6.16. The minimum absolute atomic E-state index is 0. The van der Waals surface area contributed by atoms with Gasteiger partial charge in [-0.05, 0) is 0 Å². The summed E-state index contributed by atoms with van der Waals surface area (Å²) in [4.78, 5) is 0. The fourth-order valence-corrected chi connectivity index (χ4v) is 11.6. The minimum atomic E-state index is -1.20. The molecule has 3 heteroatoms. The van der Waals surface area contributed by atoms with E-state index in [1.165, 1.54) is 22.3 Å². The van der Waals surface area contributed by atoms with E-state index in [9.17, 15) is 0 Å². The Morgan fingerprint density at radius 1 is 0.628 bits per heavy atom. The second-order valence-corrected chi connectivity index (χ2v) is 15.8. The van der Waals surface area contributed by atoms with Gasteiger partial charge in [0.15, 0.2) is 0 Å². The van der Waals surface area contributed by atoms with E-state index in [0.717, 1.165) is 6.42 Å². The first kappa shape index (κ1) is 33.6. The summed E-state index contributed by atoms with van der Waals surface area (Å²) in [5.41, 5.74) is 17.0. The Balaban J connectivity index is 0.00000212. The van der Waals surface area contributed by atoms with Crippen LogP contribution in [0.1, 0.15) is 114 Å². The van der Waals surface area contributed by atoms with Gasteiger partial charge in [-0.3, -0.25) is 0 Å². The zero-order chi connectivity index (χ0) is 28.7. The third-order valence-corrected chi connectivity index (χ3v) is 13.0. The zero-order valence-corrected chi connectivity index (χ0v) is 30.1. The number of benzene rings is 4. The van der Waals surface area contributed by atoms with Gasteiger partial charge < -0.3 is 24.8 Å². The van der Waals surface area contributed by atoms with Crippen LogP contribution in [0, 0.1) is 0 Å². The van der Waals surface area contributed by atoms with Crippen LogP contribution in [0.4, 0.5) is 0 Å². The molecule has 0 aliphatic heterocycles. The van der Waals surface area contributed by atoms with E-state index in [4.69, 9.17) is 0 Å². The molecule has 0 amide bonds. The van der Waals surface area contributed by atoms with Gasteiger partial charge >= 0.3 is 260 Å². The standard InChI is InChI=1S/C27H31.C13H10.2ClH.Zr/c1-16(2)23-24(17(3)4)26(19-11-7-8-12-19)22-15-20-13-9-10-14-21(20)27(22)25(23)18(5)6;1-3-7-12(8-4-1)11-13-9-5-2-6-10-13;;;/h7-11,13-18H,12H2,1-6H3;1-10H;2*1H;/q;;;;+2/p-2. The van der Waals surface area contributed by atoms with Crippen molar-refractivity contribution in [1.82, 2.24) is 0 Å². The molecule has 0 bridgehead atoms. The molecule has 1 unspecified atom stereocenters. The van der Waals surface area contributed by atoms with E-state index >= 15 is 0 Å². The topological polar surface area (TPSA) is 0 Å². The largest absolute Gasteiger partial charge is 1.00 e. The zero-order valence-electron chi connectivity index (χ0n) is 26.1. The van der Waals surface area contributed by atoms with Crippen LogP contribution in [0.5, 0.6) is 0 Å². The van der Waals surface area contributed by atoms with Gasteiger partial charge in [-0.15, -0.1) is 0 Å². The number of hydrogen-bond acceptors (Lipinski definition) is 0. The van der Waals surface area contributed by atoms with E-state index < -0.39 is 22.8 Å². The van der Waals surface area contributed by atoms with Crippen molar-refractivity contribution >= 4 is 8.78 Å². The van der Waals surface area contributed by atoms with Gasteiger partial charge in [-0.2, -0.15) is 0 Å². The molecule has 0 radical (unpaired) electrons. The molecule has 0 spiro atoms. The first-order valence-corrected chi connectivity index (χ1v) is 18.0. The molecular weight excluding hydrogens is 643 g/mol. The molecule has 1 atom stereocenters. The first-order valence-electron chi connectivity index (χ1n) is 15.3. The molecule has 43 heavy (non-hydrogen) atoms. The summed E-state index contributed by atoms with van der Waals surface area (Å²) in [7, 11) is 0. The molecule has 4 aromatic carbocycles. The molecule has 4 aromatic rings. The number of fused-ring (bicyclic) bond motifs is 3. The summed E-state index contributed by atoms with van der Waals surface area (Å²) in [6.07, 6.45) is 8.07. The van der Waals surface area contributed by atoms with Gasteiger partial charge in [-0.1, -0.05) is 0 Å².